The summed E-state index contributed by atoms with van der Waals surface area (Å²) in [6.45, 7) is 3.09. The molecule has 160 valence electrons. The van der Waals surface area contributed by atoms with Crippen LogP contribution in [0.3, 0.4) is 0 Å². The number of ether oxygens (including phenoxy) is 1. The molecule has 2 aliphatic rings. The molecule has 1 spiro atoms. The molecule has 32 heavy (non-hydrogen) atoms. The molecule has 2 heterocycles. The molecule has 1 fully saturated rings. The fourth-order valence-electron chi connectivity index (χ4n) is 5.65. The molecule has 1 aliphatic carbocycles. The lowest BCUT2D eigenvalue weighted by Crippen LogP contribution is -2.40. The standard InChI is InChI=1S/C28H26N2O2/c1-32-27(31)30-25-9-5-3-7-22(25)23-18-20(10-11-26(23)30)19-29-16-14-28(15-17-29)13-12-21-6-2-4-8-24(21)28/h2-13,18H,14-17,19H2,1H3. The third kappa shape index (κ3) is 2.90. The zero-order valence-corrected chi connectivity index (χ0v) is 18.3. The van der Waals surface area contributed by atoms with E-state index in [0.29, 0.717) is 0 Å². The van der Waals surface area contributed by atoms with Crippen molar-refractivity contribution >= 4 is 34.0 Å². The molecule has 4 heteroatoms. The molecule has 1 aliphatic heterocycles. The van der Waals surface area contributed by atoms with Crippen molar-refractivity contribution in [1.29, 1.82) is 0 Å². The highest BCUT2D eigenvalue weighted by atomic mass is 16.5. The second-order valence-electron chi connectivity index (χ2n) is 9.03. The van der Waals surface area contributed by atoms with Crippen molar-refractivity contribution in [2.45, 2.75) is 24.8 Å². The van der Waals surface area contributed by atoms with Gasteiger partial charge in [0.2, 0.25) is 0 Å². The SMILES string of the molecule is COC(=O)n1c2ccccc2c2cc(CN3CCC4(C=Cc5ccccc54)CC3)ccc21. The molecule has 1 saturated heterocycles. The summed E-state index contributed by atoms with van der Waals surface area (Å²) in [6.07, 6.45) is 6.70. The van der Waals surface area contributed by atoms with Crippen molar-refractivity contribution in [1.82, 2.24) is 9.47 Å². The minimum Gasteiger partial charge on any atom is -0.452 e. The first-order valence-electron chi connectivity index (χ1n) is 11.3. The topological polar surface area (TPSA) is 34.5 Å². The second kappa shape index (κ2) is 7.35. The number of allylic oxidation sites excluding steroid dienone is 1. The van der Waals surface area contributed by atoms with Gasteiger partial charge in [-0.05, 0) is 60.8 Å². The highest BCUT2D eigenvalue weighted by molar-refractivity contribution is 6.12. The van der Waals surface area contributed by atoms with Gasteiger partial charge in [0.15, 0.2) is 0 Å². The average Bonchev–Trinajstić information content (AvgIpc) is 3.36. The van der Waals surface area contributed by atoms with Crippen LogP contribution in [0.5, 0.6) is 0 Å². The molecule has 0 unspecified atom stereocenters. The number of fused-ring (bicyclic) bond motifs is 5. The molecule has 0 saturated carbocycles. The lowest BCUT2D eigenvalue weighted by molar-refractivity contribution is 0.175. The number of rotatable bonds is 2. The van der Waals surface area contributed by atoms with Gasteiger partial charge in [-0.25, -0.2) is 9.36 Å². The third-order valence-corrected chi connectivity index (χ3v) is 7.33. The van der Waals surface area contributed by atoms with Crippen LogP contribution in [-0.4, -0.2) is 35.8 Å². The molecule has 0 radical (unpaired) electrons. The summed E-state index contributed by atoms with van der Waals surface area (Å²) >= 11 is 0. The van der Waals surface area contributed by atoms with Crippen molar-refractivity contribution < 1.29 is 9.53 Å². The van der Waals surface area contributed by atoms with Gasteiger partial charge in [0.05, 0.1) is 18.1 Å². The Hall–Kier alpha value is -3.37. The van der Waals surface area contributed by atoms with Gasteiger partial charge in [0.25, 0.3) is 0 Å². The van der Waals surface area contributed by atoms with Gasteiger partial charge < -0.3 is 4.74 Å². The van der Waals surface area contributed by atoms with E-state index in [0.717, 1.165) is 54.3 Å². The molecule has 4 nitrogen and oxygen atoms in total. The minimum absolute atomic E-state index is 0.213. The highest BCUT2D eigenvalue weighted by Gasteiger charge is 2.37. The average molecular weight is 423 g/mol. The molecule has 4 aromatic rings. The number of nitrogens with zero attached hydrogens (tertiary/aromatic N) is 2. The smallest absolute Gasteiger partial charge is 0.418 e. The van der Waals surface area contributed by atoms with Crippen LogP contribution in [0.4, 0.5) is 4.79 Å². The number of carbonyl (C=O) groups excluding carboxylic acids is 1. The van der Waals surface area contributed by atoms with Crippen LogP contribution in [0.15, 0.2) is 72.8 Å². The summed E-state index contributed by atoms with van der Waals surface area (Å²) < 4.78 is 6.71. The van der Waals surface area contributed by atoms with Gasteiger partial charge in [-0.15, -0.1) is 0 Å². The van der Waals surface area contributed by atoms with E-state index < -0.39 is 0 Å². The quantitative estimate of drug-likeness (QED) is 0.399. The molecular formula is C28H26N2O2. The van der Waals surface area contributed by atoms with E-state index >= 15 is 0 Å². The predicted octanol–water partition coefficient (Wildman–Crippen LogP) is 5.97. The van der Waals surface area contributed by atoms with Gasteiger partial charge in [0.1, 0.15) is 0 Å². The Bertz CT molecular complexity index is 1370. The van der Waals surface area contributed by atoms with Gasteiger partial charge >= 0.3 is 6.09 Å². The van der Waals surface area contributed by atoms with Crippen LogP contribution in [0.2, 0.25) is 0 Å². The number of carbonyl (C=O) groups is 1. The first-order valence-corrected chi connectivity index (χ1v) is 11.3. The Morgan fingerprint density at radius 3 is 2.53 bits per heavy atom. The van der Waals surface area contributed by atoms with Crippen molar-refractivity contribution in [3.05, 3.63) is 89.5 Å². The molecule has 0 atom stereocenters. The van der Waals surface area contributed by atoms with Crippen LogP contribution < -0.4 is 0 Å². The van der Waals surface area contributed by atoms with Crippen LogP contribution in [0.25, 0.3) is 27.9 Å². The summed E-state index contributed by atoms with van der Waals surface area (Å²) in [5.74, 6) is 0. The van der Waals surface area contributed by atoms with Crippen LogP contribution in [0, 0.1) is 0 Å². The summed E-state index contributed by atoms with van der Waals surface area (Å²) in [4.78, 5) is 15.0. The zero-order valence-electron chi connectivity index (χ0n) is 18.3. The molecule has 0 bridgehead atoms. The van der Waals surface area contributed by atoms with Crippen molar-refractivity contribution in [2.75, 3.05) is 20.2 Å². The minimum atomic E-state index is -0.352. The maximum Gasteiger partial charge on any atom is 0.418 e. The van der Waals surface area contributed by atoms with Crippen molar-refractivity contribution in [3.63, 3.8) is 0 Å². The Kier molecular flexibility index (Phi) is 4.44. The lowest BCUT2D eigenvalue weighted by atomic mass is 9.74. The van der Waals surface area contributed by atoms with Gasteiger partial charge in [-0.1, -0.05) is 60.7 Å². The van der Waals surface area contributed by atoms with Crippen molar-refractivity contribution in [3.8, 4) is 0 Å². The molecule has 3 aromatic carbocycles. The first kappa shape index (κ1) is 19.3. The molecule has 0 N–H and O–H groups in total. The number of likely N-dealkylation sites (tertiary alicyclic amines) is 1. The number of hydrogen-bond acceptors (Lipinski definition) is 3. The van der Waals surface area contributed by atoms with E-state index in [-0.39, 0.29) is 11.5 Å². The summed E-state index contributed by atoms with van der Waals surface area (Å²) in [5, 5.41) is 2.18. The lowest BCUT2D eigenvalue weighted by Gasteiger charge is -2.39. The Morgan fingerprint density at radius 2 is 1.69 bits per heavy atom. The normalized spacial score (nSPS) is 17.3. The number of piperidine rings is 1. The Balaban J connectivity index is 1.27. The number of methoxy groups -OCH3 is 1. The summed E-state index contributed by atoms with van der Waals surface area (Å²) in [7, 11) is 1.43. The van der Waals surface area contributed by atoms with Gasteiger partial charge in [0, 0.05) is 22.7 Å². The second-order valence-corrected chi connectivity index (χ2v) is 9.03. The van der Waals surface area contributed by atoms with E-state index in [1.807, 2.05) is 18.2 Å². The first-order chi connectivity index (χ1) is 15.7. The highest BCUT2D eigenvalue weighted by Crippen LogP contribution is 2.43. The fourth-order valence-corrected chi connectivity index (χ4v) is 5.65. The molecule has 1 aromatic heterocycles. The van der Waals surface area contributed by atoms with E-state index in [4.69, 9.17) is 4.74 Å². The Morgan fingerprint density at radius 1 is 0.938 bits per heavy atom. The van der Waals surface area contributed by atoms with Gasteiger partial charge in [-0.2, -0.15) is 0 Å². The number of benzene rings is 3. The number of hydrogen-bond donors (Lipinski definition) is 0. The van der Waals surface area contributed by atoms with E-state index in [9.17, 15) is 4.79 Å². The Labute approximate surface area is 187 Å². The zero-order chi connectivity index (χ0) is 21.7. The van der Waals surface area contributed by atoms with E-state index in [2.05, 4.69) is 65.6 Å². The summed E-state index contributed by atoms with van der Waals surface area (Å²) in [6, 6.07) is 23.3. The van der Waals surface area contributed by atoms with Crippen LogP contribution in [-0.2, 0) is 16.7 Å². The molecule has 6 rings (SSSR count). The molecule has 0 amide bonds. The third-order valence-electron chi connectivity index (χ3n) is 7.33. The molecular weight excluding hydrogens is 396 g/mol. The fraction of sp³-hybridized carbons (Fsp3) is 0.250. The van der Waals surface area contributed by atoms with Crippen molar-refractivity contribution in [2.24, 2.45) is 0 Å². The maximum atomic E-state index is 12.4. The maximum absolute atomic E-state index is 12.4. The monoisotopic (exact) mass is 422 g/mol. The number of para-hydroxylation sites is 1. The largest absolute Gasteiger partial charge is 0.452 e. The van der Waals surface area contributed by atoms with E-state index in [1.54, 1.807) is 4.57 Å². The summed E-state index contributed by atoms with van der Waals surface area (Å²) in [5.41, 5.74) is 6.16. The van der Waals surface area contributed by atoms with E-state index in [1.165, 1.54) is 23.8 Å². The van der Waals surface area contributed by atoms with Gasteiger partial charge in [-0.3, -0.25) is 4.90 Å². The van der Waals surface area contributed by atoms with Crippen LogP contribution in [0.1, 0.15) is 29.5 Å². The number of aromatic nitrogens is 1. The predicted molar refractivity (Wildman–Crippen MR) is 129 cm³/mol. The van der Waals surface area contributed by atoms with Crippen LogP contribution >= 0.6 is 0 Å².